The zero-order valence-corrected chi connectivity index (χ0v) is 11.1. The maximum absolute atomic E-state index is 13.7. The molecule has 0 saturated carbocycles. The SMILES string of the molecule is COc1ccc(-c2cn3cc(C(=O)O)sc3n2)cc1F. The zero-order valence-electron chi connectivity index (χ0n) is 10.3. The highest BCUT2D eigenvalue weighted by atomic mass is 32.1. The predicted molar refractivity (Wildman–Crippen MR) is 72.0 cm³/mol. The van der Waals surface area contributed by atoms with Crippen molar-refractivity contribution in [2.24, 2.45) is 0 Å². The van der Waals surface area contributed by atoms with Crippen LogP contribution in [0.2, 0.25) is 0 Å². The molecule has 0 fully saturated rings. The first-order chi connectivity index (χ1) is 9.58. The number of carbonyl (C=O) groups is 1. The standard InChI is InChI=1S/C13H9FN2O3S/c1-19-10-3-2-7(4-8(10)14)9-5-16-6-11(12(17)18)20-13(16)15-9/h2-6H,1H3,(H,17,18). The van der Waals surface area contributed by atoms with Crippen LogP contribution in [0.1, 0.15) is 9.67 Å². The molecule has 102 valence electrons. The van der Waals surface area contributed by atoms with E-state index in [2.05, 4.69) is 4.98 Å². The van der Waals surface area contributed by atoms with Crippen LogP contribution in [0.15, 0.2) is 30.6 Å². The number of hydrogen-bond acceptors (Lipinski definition) is 4. The highest BCUT2D eigenvalue weighted by molar-refractivity contribution is 7.18. The normalized spacial score (nSPS) is 10.9. The Morgan fingerprint density at radius 3 is 2.85 bits per heavy atom. The van der Waals surface area contributed by atoms with E-state index in [1.165, 1.54) is 25.4 Å². The number of ether oxygens (including phenoxy) is 1. The highest BCUT2D eigenvalue weighted by Crippen LogP contribution is 2.27. The van der Waals surface area contributed by atoms with E-state index in [1.54, 1.807) is 16.7 Å². The van der Waals surface area contributed by atoms with E-state index >= 15 is 0 Å². The van der Waals surface area contributed by atoms with Crippen LogP contribution in [0.5, 0.6) is 5.75 Å². The number of hydrogen-bond donors (Lipinski definition) is 1. The van der Waals surface area contributed by atoms with Gasteiger partial charge in [-0.25, -0.2) is 14.2 Å². The lowest BCUT2D eigenvalue weighted by molar-refractivity contribution is 0.0702. The molecule has 0 bridgehead atoms. The number of halogens is 1. The zero-order chi connectivity index (χ0) is 14.3. The second-order valence-corrected chi connectivity index (χ2v) is 5.07. The van der Waals surface area contributed by atoms with Crippen LogP contribution < -0.4 is 4.74 Å². The fourth-order valence-electron chi connectivity index (χ4n) is 1.86. The van der Waals surface area contributed by atoms with E-state index in [9.17, 15) is 9.18 Å². The Morgan fingerprint density at radius 1 is 1.45 bits per heavy atom. The first-order valence-corrected chi connectivity index (χ1v) is 6.46. The van der Waals surface area contributed by atoms with Gasteiger partial charge in [-0.3, -0.25) is 4.40 Å². The average Bonchev–Trinajstić information content (AvgIpc) is 2.96. The van der Waals surface area contributed by atoms with Crippen LogP contribution in [-0.4, -0.2) is 27.6 Å². The number of carboxylic acid groups (broad SMARTS) is 1. The van der Waals surface area contributed by atoms with Crippen molar-refractivity contribution in [3.63, 3.8) is 0 Å². The molecule has 0 spiro atoms. The minimum absolute atomic E-state index is 0.169. The van der Waals surface area contributed by atoms with Gasteiger partial charge in [0.05, 0.1) is 12.8 Å². The molecule has 0 aliphatic heterocycles. The molecule has 0 atom stereocenters. The van der Waals surface area contributed by atoms with Crippen molar-refractivity contribution < 1.29 is 19.0 Å². The molecule has 0 amide bonds. The summed E-state index contributed by atoms with van der Waals surface area (Å²) >= 11 is 1.07. The second kappa shape index (κ2) is 4.61. The van der Waals surface area contributed by atoms with Crippen LogP contribution in [0.25, 0.3) is 16.2 Å². The van der Waals surface area contributed by atoms with Crippen LogP contribution in [0.3, 0.4) is 0 Å². The van der Waals surface area contributed by atoms with E-state index in [1.807, 2.05) is 0 Å². The first kappa shape index (κ1) is 12.6. The maximum Gasteiger partial charge on any atom is 0.347 e. The van der Waals surface area contributed by atoms with E-state index in [4.69, 9.17) is 9.84 Å². The quantitative estimate of drug-likeness (QED) is 0.806. The van der Waals surface area contributed by atoms with Crippen molar-refractivity contribution in [1.82, 2.24) is 9.38 Å². The summed E-state index contributed by atoms with van der Waals surface area (Å²) in [6.07, 6.45) is 3.15. The van der Waals surface area contributed by atoms with Gasteiger partial charge in [0.15, 0.2) is 16.5 Å². The number of nitrogens with zero attached hydrogens (tertiary/aromatic N) is 2. The third-order valence-electron chi connectivity index (χ3n) is 2.81. The Morgan fingerprint density at radius 2 is 2.25 bits per heavy atom. The average molecular weight is 292 g/mol. The minimum Gasteiger partial charge on any atom is -0.494 e. The van der Waals surface area contributed by atoms with Gasteiger partial charge in [-0.05, 0) is 18.2 Å². The number of methoxy groups -OCH3 is 1. The molecule has 0 radical (unpaired) electrons. The number of rotatable bonds is 3. The Hall–Kier alpha value is -2.41. The largest absolute Gasteiger partial charge is 0.494 e. The van der Waals surface area contributed by atoms with Gasteiger partial charge in [0.2, 0.25) is 0 Å². The second-order valence-electron chi connectivity index (χ2n) is 4.07. The number of carboxylic acids is 1. The van der Waals surface area contributed by atoms with Crippen molar-refractivity contribution in [3.8, 4) is 17.0 Å². The van der Waals surface area contributed by atoms with Crippen LogP contribution in [-0.2, 0) is 0 Å². The van der Waals surface area contributed by atoms with E-state index < -0.39 is 11.8 Å². The van der Waals surface area contributed by atoms with Crippen molar-refractivity contribution in [3.05, 3.63) is 41.3 Å². The molecule has 2 aromatic heterocycles. The Balaban J connectivity index is 2.04. The van der Waals surface area contributed by atoms with Gasteiger partial charge in [0, 0.05) is 18.0 Å². The van der Waals surface area contributed by atoms with E-state index in [0.717, 1.165) is 11.3 Å². The summed E-state index contributed by atoms with van der Waals surface area (Å²) < 4.78 is 20.1. The molecular formula is C13H9FN2O3S. The van der Waals surface area contributed by atoms with Crippen molar-refractivity contribution in [1.29, 1.82) is 0 Å². The highest BCUT2D eigenvalue weighted by Gasteiger charge is 2.13. The van der Waals surface area contributed by atoms with Gasteiger partial charge in [-0.1, -0.05) is 11.3 Å². The molecule has 7 heteroatoms. The lowest BCUT2D eigenvalue weighted by atomic mass is 10.1. The molecule has 3 aromatic rings. The van der Waals surface area contributed by atoms with Crippen LogP contribution in [0, 0.1) is 5.82 Å². The number of imidazole rings is 1. The topological polar surface area (TPSA) is 63.8 Å². The molecule has 0 unspecified atom stereocenters. The Kier molecular flexibility index (Phi) is 2.90. The monoisotopic (exact) mass is 292 g/mol. The summed E-state index contributed by atoms with van der Waals surface area (Å²) in [6, 6.07) is 4.57. The summed E-state index contributed by atoms with van der Waals surface area (Å²) in [7, 11) is 1.40. The van der Waals surface area contributed by atoms with Crippen molar-refractivity contribution in [2.45, 2.75) is 0 Å². The summed E-state index contributed by atoms with van der Waals surface area (Å²) in [4.78, 5) is 15.9. The van der Waals surface area contributed by atoms with E-state index in [-0.39, 0.29) is 10.6 Å². The van der Waals surface area contributed by atoms with Crippen molar-refractivity contribution >= 4 is 22.3 Å². The molecule has 3 rings (SSSR count). The molecule has 2 heterocycles. The number of aromatic carboxylic acids is 1. The number of benzene rings is 1. The summed E-state index contributed by atoms with van der Waals surface area (Å²) in [5, 5.41) is 8.89. The molecule has 0 aliphatic carbocycles. The third kappa shape index (κ3) is 2.01. The fourth-order valence-corrected chi connectivity index (χ4v) is 2.66. The molecule has 0 aliphatic rings. The van der Waals surface area contributed by atoms with Gasteiger partial charge in [-0.2, -0.15) is 0 Å². The first-order valence-electron chi connectivity index (χ1n) is 5.64. The molecule has 1 N–H and O–H groups in total. The van der Waals surface area contributed by atoms with Gasteiger partial charge >= 0.3 is 5.97 Å². The molecule has 20 heavy (non-hydrogen) atoms. The smallest absolute Gasteiger partial charge is 0.347 e. The summed E-state index contributed by atoms with van der Waals surface area (Å²) in [5.41, 5.74) is 1.19. The lowest BCUT2D eigenvalue weighted by Crippen LogP contribution is -1.91. The number of aromatic nitrogens is 2. The predicted octanol–water partition coefficient (Wildman–Crippen LogP) is 2.91. The Labute approximate surface area is 116 Å². The fraction of sp³-hybridized carbons (Fsp3) is 0.0769. The molecule has 0 saturated heterocycles. The van der Waals surface area contributed by atoms with Gasteiger partial charge in [-0.15, -0.1) is 0 Å². The summed E-state index contributed by atoms with van der Waals surface area (Å²) in [5.74, 6) is -1.28. The Bertz CT molecular complexity index is 778. The molecule has 1 aromatic carbocycles. The van der Waals surface area contributed by atoms with Gasteiger partial charge < -0.3 is 9.84 Å². The maximum atomic E-state index is 13.7. The van der Waals surface area contributed by atoms with Gasteiger partial charge in [0.25, 0.3) is 0 Å². The lowest BCUT2D eigenvalue weighted by Gasteiger charge is -2.02. The summed E-state index contributed by atoms with van der Waals surface area (Å²) in [6.45, 7) is 0. The van der Waals surface area contributed by atoms with Crippen molar-refractivity contribution in [2.75, 3.05) is 7.11 Å². The van der Waals surface area contributed by atoms with Crippen LogP contribution >= 0.6 is 11.3 Å². The van der Waals surface area contributed by atoms with E-state index in [0.29, 0.717) is 16.2 Å². The van der Waals surface area contributed by atoms with Crippen LogP contribution in [0.4, 0.5) is 4.39 Å². The molecular weight excluding hydrogens is 283 g/mol. The third-order valence-corrected chi connectivity index (χ3v) is 3.80. The van der Waals surface area contributed by atoms with Gasteiger partial charge in [0.1, 0.15) is 4.88 Å². The molecule has 5 nitrogen and oxygen atoms in total. The number of fused-ring (bicyclic) bond motifs is 1. The minimum atomic E-state index is -0.988. The number of thiazole rings is 1.